The normalized spacial score (nSPS) is 25.6. The number of amides is 1. The Hall–Kier alpha value is -1.62. The van der Waals surface area contributed by atoms with Crippen LogP contribution in [0.1, 0.15) is 24.8 Å². The van der Waals surface area contributed by atoms with Crippen molar-refractivity contribution in [1.82, 2.24) is 10.2 Å². The summed E-state index contributed by atoms with van der Waals surface area (Å²) in [6.07, 6.45) is 2.54. The molecule has 0 aromatic heterocycles. The summed E-state index contributed by atoms with van der Waals surface area (Å²) in [5.41, 5.74) is 0.820. The summed E-state index contributed by atoms with van der Waals surface area (Å²) in [5, 5.41) is 3.39. The summed E-state index contributed by atoms with van der Waals surface area (Å²) in [7, 11) is 1.45. The van der Waals surface area contributed by atoms with Crippen molar-refractivity contribution >= 4 is 5.91 Å². The van der Waals surface area contributed by atoms with E-state index in [1.165, 1.54) is 13.2 Å². The molecule has 1 aromatic rings. The quantitative estimate of drug-likeness (QED) is 0.925. The molecule has 114 valence electrons. The topological polar surface area (TPSA) is 41.6 Å². The molecule has 2 aliphatic heterocycles. The molecule has 0 bridgehead atoms. The first-order valence-corrected chi connectivity index (χ1v) is 7.51. The lowest BCUT2D eigenvalue weighted by Crippen LogP contribution is -2.54. The molecule has 0 spiro atoms. The van der Waals surface area contributed by atoms with Gasteiger partial charge in [0, 0.05) is 19.0 Å². The second-order valence-corrected chi connectivity index (χ2v) is 5.85. The van der Waals surface area contributed by atoms with Gasteiger partial charge in [-0.05, 0) is 49.5 Å². The van der Waals surface area contributed by atoms with Crippen molar-refractivity contribution in [3.05, 3.63) is 29.6 Å². The van der Waals surface area contributed by atoms with Crippen molar-refractivity contribution in [2.24, 2.45) is 5.92 Å². The number of ether oxygens (including phenoxy) is 1. The fraction of sp³-hybridized carbons (Fsp3) is 0.562. The van der Waals surface area contributed by atoms with Crippen LogP contribution in [0, 0.1) is 11.7 Å². The van der Waals surface area contributed by atoms with Gasteiger partial charge in [0.2, 0.25) is 5.91 Å². The van der Waals surface area contributed by atoms with E-state index in [2.05, 4.69) is 5.32 Å². The van der Waals surface area contributed by atoms with Crippen molar-refractivity contribution in [3.8, 4) is 5.75 Å². The number of benzene rings is 1. The number of halogens is 1. The van der Waals surface area contributed by atoms with Crippen LogP contribution < -0.4 is 10.1 Å². The molecule has 2 heterocycles. The largest absolute Gasteiger partial charge is 0.494 e. The minimum absolute atomic E-state index is 0.189. The third-order valence-corrected chi connectivity index (χ3v) is 4.59. The van der Waals surface area contributed by atoms with Crippen LogP contribution in [0.2, 0.25) is 0 Å². The molecule has 3 rings (SSSR count). The van der Waals surface area contributed by atoms with E-state index in [0.717, 1.165) is 31.5 Å². The highest BCUT2D eigenvalue weighted by atomic mass is 19.1. The van der Waals surface area contributed by atoms with E-state index in [4.69, 9.17) is 4.74 Å². The lowest BCUT2D eigenvalue weighted by Gasteiger charge is -2.44. The summed E-state index contributed by atoms with van der Waals surface area (Å²) in [6.45, 7) is 2.41. The standard InChI is InChI=1S/C16H21FN2O2/c1-21-15-4-2-11(8-13(15)17)10-19-14-6-7-18-9-12(14)3-5-16(19)20/h2,4,8,12,14,18H,3,5-7,9-10H2,1H3. The first-order valence-electron chi connectivity index (χ1n) is 7.51. The number of hydrogen-bond donors (Lipinski definition) is 1. The molecule has 2 saturated heterocycles. The smallest absolute Gasteiger partial charge is 0.223 e. The zero-order valence-electron chi connectivity index (χ0n) is 12.3. The fourth-order valence-electron chi connectivity index (χ4n) is 3.46. The van der Waals surface area contributed by atoms with Crippen LogP contribution in [0.3, 0.4) is 0 Å². The van der Waals surface area contributed by atoms with Crippen LogP contribution in [0.4, 0.5) is 4.39 Å². The molecule has 2 aliphatic rings. The highest BCUT2D eigenvalue weighted by Gasteiger charge is 2.36. The Balaban J connectivity index is 1.78. The van der Waals surface area contributed by atoms with E-state index in [1.807, 2.05) is 11.0 Å². The van der Waals surface area contributed by atoms with Crippen LogP contribution in [-0.4, -0.2) is 37.0 Å². The third-order valence-electron chi connectivity index (χ3n) is 4.59. The number of likely N-dealkylation sites (tertiary alicyclic amines) is 1. The van der Waals surface area contributed by atoms with Gasteiger partial charge in [-0.3, -0.25) is 4.79 Å². The molecular formula is C16H21FN2O2. The predicted molar refractivity (Wildman–Crippen MR) is 77.5 cm³/mol. The van der Waals surface area contributed by atoms with Gasteiger partial charge >= 0.3 is 0 Å². The van der Waals surface area contributed by atoms with Gasteiger partial charge in [-0.1, -0.05) is 6.07 Å². The summed E-state index contributed by atoms with van der Waals surface area (Å²) in [5.74, 6) is 0.582. The number of nitrogens with one attached hydrogen (secondary N) is 1. The van der Waals surface area contributed by atoms with Crippen molar-refractivity contribution in [3.63, 3.8) is 0 Å². The molecule has 5 heteroatoms. The Bertz CT molecular complexity index is 535. The number of fused-ring (bicyclic) bond motifs is 1. The average Bonchev–Trinajstić information content (AvgIpc) is 2.50. The van der Waals surface area contributed by atoms with Crippen LogP contribution >= 0.6 is 0 Å². The number of hydrogen-bond acceptors (Lipinski definition) is 3. The van der Waals surface area contributed by atoms with Gasteiger partial charge in [-0.25, -0.2) is 4.39 Å². The second kappa shape index (κ2) is 6.02. The van der Waals surface area contributed by atoms with Crippen LogP contribution in [0.5, 0.6) is 5.75 Å². The molecule has 1 N–H and O–H groups in total. The van der Waals surface area contributed by atoms with Gasteiger partial charge in [0.15, 0.2) is 11.6 Å². The zero-order chi connectivity index (χ0) is 14.8. The van der Waals surface area contributed by atoms with Gasteiger partial charge in [0.1, 0.15) is 0 Å². The molecule has 21 heavy (non-hydrogen) atoms. The molecule has 0 aliphatic carbocycles. The van der Waals surface area contributed by atoms with Gasteiger partial charge in [-0.15, -0.1) is 0 Å². The predicted octanol–water partition coefficient (Wildman–Crippen LogP) is 1.93. The van der Waals surface area contributed by atoms with Crippen molar-refractivity contribution < 1.29 is 13.9 Å². The summed E-state index contributed by atoms with van der Waals surface area (Å²) in [6, 6.07) is 5.22. The van der Waals surface area contributed by atoms with E-state index < -0.39 is 0 Å². The number of methoxy groups -OCH3 is 1. The monoisotopic (exact) mass is 292 g/mol. The van der Waals surface area contributed by atoms with Gasteiger partial charge in [0.05, 0.1) is 7.11 Å². The Morgan fingerprint density at radius 1 is 1.43 bits per heavy atom. The molecule has 2 unspecified atom stereocenters. The van der Waals surface area contributed by atoms with E-state index >= 15 is 0 Å². The minimum atomic E-state index is -0.374. The zero-order valence-corrected chi connectivity index (χ0v) is 12.3. The van der Waals surface area contributed by atoms with E-state index in [9.17, 15) is 9.18 Å². The molecule has 0 radical (unpaired) electrons. The molecule has 2 fully saturated rings. The van der Waals surface area contributed by atoms with Gasteiger partial charge in [-0.2, -0.15) is 0 Å². The average molecular weight is 292 g/mol. The van der Waals surface area contributed by atoms with Crippen LogP contribution in [-0.2, 0) is 11.3 Å². The Kier molecular flexibility index (Phi) is 4.10. The molecule has 2 atom stereocenters. The third kappa shape index (κ3) is 2.88. The molecule has 4 nitrogen and oxygen atoms in total. The SMILES string of the molecule is COc1ccc(CN2C(=O)CCC3CNCCC32)cc1F. The van der Waals surface area contributed by atoms with Crippen LogP contribution in [0.25, 0.3) is 0 Å². The summed E-state index contributed by atoms with van der Waals surface area (Å²) < 4.78 is 18.7. The van der Waals surface area contributed by atoms with Crippen molar-refractivity contribution in [2.45, 2.75) is 31.8 Å². The lowest BCUT2D eigenvalue weighted by atomic mass is 9.84. The molecule has 0 saturated carbocycles. The molecule has 1 amide bonds. The van der Waals surface area contributed by atoms with Crippen molar-refractivity contribution in [2.75, 3.05) is 20.2 Å². The summed E-state index contributed by atoms with van der Waals surface area (Å²) in [4.78, 5) is 14.2. The number of rotatable bonds is 3. The number of carbonyl (C=O) groups is 1. The molecule has 1 aromatic carbocycles. The maximum absolute atomic E-state index is 13.8. The number of piperidine rings is 2. The second-order valence-electron chi connectivity index (χ2n) is 5.85. The Morgan fingerprint density at radius 3 is 3.05 bits per heavy atom. The van der Waals surface area contributed by atoms with Crippen molar-refractivity contribution in [1.29, 1.82) is 0 Å². The summed E-state index contributed by atoms with van der Waals surface area (Å²) >= 11 is 0. The number of carbonyl (C=O) groups excluding carboxylic acids is 1. The van der Waals surface area contributed by atoms with E-state index in [1.54, 1.807) is 6.07 Å². The van der Waals surface area contributed by atoms with E-state index in [0.29, 0.717) is 18.9 Å². The minimum Gasteiger partial charge on any atom is -0.494 e. The van der Waals surface area contributed by atoms with E-state index in [-0.39, 0.29) is 23.5 Å². The maximum atomic E-state index is 13.8. The van der Waals surface area contributed by atoms with Gasteiger partial charge < -0.3 is 15.0 Å². The Morgan fingerprint density at radius 2 is 2.29 bits per heavy atom. The highest BCUT2D eigenvalue weighted by molar-refractivity contribution is 5.77. The first-order chi connectivity index (χ1) is 10.2. The van der Waals surface area contributed by atoms with Crippen LogP contribution in [0.15, 0.2) is 18.2 Å². The Labute approximate surface area is 124 Å². The lowest BCUT2D eigenvalue weighted by molar-refractivity contribution is -0.140. The highest BCUT2D eigenvalue weighted by Crippen LogP contribution is 2.30. The maximum Gasteiger partial charge on any atom is 0.223 e. The first kappa shape index (κ1) is 14.3. The fourth-order valence-corrected chi connectivity index (χ4v) is 3.46. The van der Waals surface area contributed by atoms with Gasteiger partial charge in [0.25, 0.3) is 0 Å². The molecular weight excluding hydrogens is 271 g/mol. The number of nitrogens with zero attached hydrogens (tertiary/aromatic N) is 1.